The Labute approximate surface area is 117 Å². The number of carboxylic acid groups (broad SMARTS) is 2. The quantitative estimate of drug-likeness (QED) is 0.247. The number of carbonyl (C=O) groups is 3. The van der Waals surface area contributed by atoms with Gasteiger partial charge in [0.15, 0.2) is 5.66 Å². The number of hydrogen-bond acceptors (Lipinski definition) is 6. The zero-order valence-corrected chi connectivity index (χ0v) is 11.5. The highest BCUT2D eigenvalue weighted by molar-refractivity contribution is 5.86. The van der Waals surface area contributed by atoms with Crippen LogP contribution in [0.25, 0.3) is 0 Å². The summed E-state index contributed by atoms with van der Waals surface area (Å²) in [5.74, 6) is -4.67. The number of carbonyl (C=O) groups excluding carboxylic acids is 1. The molecule has 20 heavy (non-hydrogen) atoms. The molecular formula is C12H22N2O6. The second-order valence-corrected chi connectivity index (χ2v) is 4.60. The maximum Gasteiger partial charge on any atom is 0.339 e. The molecule has 0 aliphatic rings. The normalized spacial score (nSPS) is 12.8. The minimum absolute atomic E-state index is 0.0590. The van der Waals surface area contributed by atoms with Crippen LogP contribution in [0.1, 0.15) is 39.0 Å². The van der Waals surface area contributed by atoms with Crippen LogP contribution in [-0.2, 0) is 19.1 Å². The van der Waals surface area contributed by atoms with E-state index in [9.17, 15) is 14.4 Å². The van der Waals surface area contributed by atoms with E-state index in [0.717, 1.165) is 6.42 Å². The van der Waals surface area contributed by atoms with Gasteiger partial charge in [0.1, 0.15) is 0 Å². The average Bonchev–Trinajstić information content (AvgIpc) is 2.33. The molecule has 0 aliphatic heterocycles. The molecule has 0 spiro atoms. The number of esters is 1. The Kier molecular flexibility index (Phi) is 7.78. The SMILES string of the molecule is CCCCOC(=O)C(CCCC(=O)O)C(N)(N)C(=O)O. The Hall–Kier alpha value is -1.67. The fraction of sp³-hybridized carbons (Fsp3) is 0.750. The van der Waals surface area contributed by atoms with Crippen molar-refractivity contribution in [3.8, 4) is 0 Å². The van der Waals surface area contributed by atoms with Crippen molar-refractivity contribution in [2.45, 2.75) is 44.7 Å². The van der Waals surface area contributed by atoms with Gasteiger partial charge in [0.05, 0.1) is 12.5 Å². The van der Waals surface area contributed by atoms with Crippen LogP contribution in [0.2, 0.25) is 0 Å². The van der Waals surface area contributed by atoms with E-state index in [0.29, 0.717) is 6.42 Å². The van der Waals surface area contributed by atoms with E-state index in [-0.39, 0.29) is 25.9 Å². The minimum atomic E-state index is -2.28. The van der Waals surface area contributed by atoms with Crippen molar-refractivity contribution in [1.82, 2.24) is 0 Å². The van der Waals surface area contributed by atoms with Crippen LogP contribution in [0.3, 0.4) is 0 Å². The first-order valence-electron chi connectivity index (χ1n) is 6.43. The molecule has 6 N–H and O–H groups in total. The van der Waals surface area contributed by atoms with E-state index in [2.05, 4.69) is 0 Å². The lowest BCUT2D eigenvalue weighted by atomic mass is 9.89. The van der Waals surface area contributed by atoms with E-state index >= 15 is 0 Å². The van der Waals surface area contributed by atoms with Crippen molar-refractivity contribution in [2.75, 3.05) is 6.61 Å². The van der Waals surface area contributed by atoms with Crippen molar-refractivity contribution < 1.29 is 29.3 Å². The number of rotatable bonds is 10. The summed E-state index contributed by atoms with van der Waals surface area (Å²) in [6.07, 6.45) is 1.28. The zero-order valence-electron chi connectivity index (χ0n) is 11.5. The van der Waals surface area contributed by atoms with E-state index in [1.165, 1.54) is 0 Å². The van der Waals surface area contributed by atoms with Crippen molar-refractivity contribution in [3.63, 3.8) is 0 Å². The van der Waals surface area contributed by atoms with Gasteiger partial charge in [0, 0.05) is 6.42 Å². The fourth-order valence-corrected chi connectivity index (χ4v) is 1.58. The van der Waals surface area contributed by atoms with Gasteiger partial charge < -0.3 is 26.4 Å². The molecule has 8 heteroatoms. The summed E-state index contributed by atoms with van der Waals surface area (Å²) in [4.78, 5) is 33.3. The van der Waals surface area contributed by atoms with Gasteiger partial charge in [-0.2, -0.15) is 0 Å². The monoisotopic (exact) mass is 290 g/mol. The summed E-state index contributed by atoms with van der Waals surface area (Å²) in [6.45, 7) is 2.06. The summed E-state index contributed by atoms with van der Waals surface area (Å²) in [5.41, 5.74) is 8.64. The molecule has 116 valence electrons. The lowest BCUT2D eigenvalue weighted by molar-refractivity contribution is -0.160. The fourth-order valence-electron chi connectivity index (χ4n) is 1.58. The average molecular weight is 290 g/mol. The number of unbranched alkanes of at least 4 members (excludes halogenated alkanes) is 1. The number of ether oxygens (including phenoxy) is 1. The van der Waals surface area contributed by atoms with Crippen molar-refractivity contribution >= 4 is 17.9 Å². The lowest BCUT2D eigenvalue weighted by Gasteiger charge is -2.28. The second kappa shape index (κ2) is 8.49. The largest absolute Gasteiger partial charge is 0.481 e. The van der Waals surface area contributed by atoms with Gasteiger partial charge in [0.2, 0.25) is 0 Å². The highest BCUT2D eigenvalue weighted by Crippen LogP contribution is 2.19. The van der Waals surface area contributed by atoms with Crippen LogP contribution >= 0.6 is 0 Å². The number of carboxylic acids is 2. The van der Waals surface area contributed by atoms with Crippen LogP contribution in [0.5, 0.6) is 0 Å². The minimum Gasteiger partial charge on any atom is -0.481 e. The van der Waals surface area contributed by atoms with Gasteiger partial charge in [-0.25, -0.2) is 4.79 Å². The number of hydrogen-bond donors (Lipinski definition) is 4. The summed E-state index contributed by atoms with van der Waals surface area (Å²) < 4.78 is 4.93. The Morgan fingerprint density at radius 2 is 1.80 bits per heavy atom. The molecule has 1 unspecified atom stereocenters. The number of aliphatic carboxylic acids is 2. The van der Waals surface area contributed by atoms with Crippen molar-refractivity contribution in [3.05, 3.63) is 0 Å². The van der Waals surface area contributed by atoms with E-state index in [1.807, 2.05) is 6.92 Å². The molecule has 0 amide bonds. The Balaban J connectivity index is 4.73. The molecule has 0 aromatic heterocycles. The third kappa shape index (κ3) is 5.98. The Morgan fingerprint density at radius 3 is 2.25 bits per heavy atom. The predicted molar refractivity (Wildman–Crippen MR) is 69.6 cm³/mol. The second-order valence-electron chi connectivity index (χ2n) is 4.60. The zero-order chi connectivity index (χ0) is 15.8. The van der Waals surface area contributed by atoms with Crippen LogP contribution in [0, 0.1) is 5.92 Å². The molecule has 0 radical (unpaired) electrons. The smallest absolute Gasteiger partial charge is 0.339 e. The first kappa shape index (κ1) is 18.3. The molecule has 0 saturated carbocycles. The van der Waals surface area contributed by atoms with E-state index in [4.69, 9.17) is 26.4 Å². The third-order valence-corrected chi connectivity index (χ3v) is 2.86. The molecular weight excluding hydrogens is 268 g/mol. The van der Waals surface area contributed by atoms with E-state index in [1.54, 1.807) is 0 Å². The van der Waals surface area contributed by atoms with Crippen LogP contribution in [-0.4, -0.2) is 40.4 Å². The van der Waals surface area contributed by atoms with Gasteiger partial charge in [-0.05, 0) is 19.3 Å². The van der Waals surface area contributed by atoms with Crippen molar-refractivity contribution in [1.29, 1.82) is 0 Å². The van der Waals surface area contributed by atoms with Gasteiger partial charge in [-0.15, -0.1) is 0 Å². The Bertz CT molecular complexity index is 356. The summed E-state index contributed by atoms with van der Waals surface area (Å²) in [7, 11) is 0. The maximum absolute atomic E-state index is 11.9. The third-order valence-electron chi connectivity index (χ3n) is 2.86. The van der Waals surface area contributed by atoms with Gasteiger partial charge in [-0.3, -0.25) is 9.59 Å². The molecule has 0 heterocycles. The molecule has 0 aliphatic carbocycles. The molecule has 0 rings (SSSR count). The molecule has 0 bridgehead atoms. The van der Waals surface area contributed by atoms with Crippen LogP contribution < -0.4 is 11.5 Å². The predicted octanol–water partition coefficient (Wildman–Crippen LogP) is -0.101. The number of nitrogens with two attached hydrogens (primary N) is 2. The summed E-state index contributed by atoms with van der Waals surface area (Å²) >= 11 is 0. The van der Waals surface area contributed by atoms with Gasteiger partial charge in [-0.1, -0.05) is 13.3 Å². The summed E-state index contributed by atoms with van der Waals surface area (Å²) in [5, 5.41) is 17.5. The first-order valence-corrected chi connectivity index (χ1v) is 6.43. The molecule has 0 aromatic rings. The Morgan fingerprint density at radius 1 is 1.20 bits per heavy atom. The highest BCUT2D eigenvalue weighted by atomic mass is 16.5. The van der Waals surface area contributed by atoms with Gasteiger partial charge >= 0.3 is 17.9 Å². The van der Waals surface area contributed by atoms with Gasteiger partial charge in [0.25, 0.3) is 0 Å². The topological polar surface area (TPSA) is 153 Å². The standard InChI is InChI=1S/C12H22N2O6/c1-2-3-7-20-10(17)8(5-4-6-9(15)16)12(13,14)11(18)19/h8H,2-7,13-14H2,1H3,(H,15,16)(H,18,19). The molecule has 0 fully saturated rings. The van der Waals surface area contributed by atoms with Crippen LogP contribution in [0.4, 0.5) is 0 Å². The van der Waals surface area contributed by atoms with Crippen molar-refractivity contribution in [2.24, 2.45) is 17.4 Å². The van der Waals surface area contributed by atoms with E-state index < -0.39 is 29.5 Å². The molecule has 1 atom stereocenters. The summed E-state index contributed by atoms with van der Waals surface area (Å²) in [6, 6.07) is 0. The molecule has 0 saturated heterocycles. The highest BCUT2D eigenvalue weighted by Gasteiger charge is 2.43. The lowest BCUT2D eigenvalue weighted by Crippen LogP contribution is -2.64. The first-order chi connectivity index (χ1) is 9.23. The maximum atomic E-state index is 11.9. The molecule has 8 nitrogen and oxygen atoms in total. The van der Waals surface area contributed by atoms with Crippen LogP contribution in [0.15, 0.2) is 0 Å². The molecule has 0 aromatic carbocycles.